The fraction of sp³-hybridized carbons (Fsp3) is 0.167. The van der Waals surface area contributed by atoms with E-state index in [1.54, 1.807) is 42.8 Å². The zero-order chi connectivity index (χ0) is 18.8. The van der Waals surface area contributed by atoms with Crippen LogP contribution in [0.4, 0.5) is 0 Å². The highest BCUT2D eigenvalue weighted by Crippen LogP contribution is 2.21. The zero-order valence-electron chi connectivity index (χ0n) is 14.6. The van der Waals surface area contributed by atoms with E-state index in [4.69, 9.17) is 14.0 Å². The number of methoxy groups -OCH3 is 1. The largest absolute Gasteiger partial charge is 0.497 e. The minimum atomic E-state index is -0.508. The van der Waals surface area contributed by atoms with Crippen molar-refractivity contribution in [3.05, 3.63) is 59.9 Å². The molecule has 9 nitrogen and oxygen atoms in total. The molecule has 4 aromatic rings. The number of pyridine rings is 1. The molecule has 3 aromatic heterocycles. The molecule has 0 unspecified atom stereocenters. The van der Waals surface area contributed by atoms with Crippen LogP contribution in [0.2, 0.25) is 0 Å². The minimum absolute atomic E-state index is 0.130. The Labute approximate surface area is 153 Å². The normalized spacial score (nSPS) is 10.9. The van der Waals surface area contributed by atoms with Crippen LogP contribution < -0.4 is 4.74 Å². The lowest BCUT2D eigenvalue weighted by molar-refractivity contribution is 0.0429. The maximum absolute atomic E-state index is 12.3. The topological polar surface area (TPSA) is 105 Å². The second kappa shape index (κ2) is 6.87. The van der Waals surface area contributed by atoms with Crippen molar-refractivity contribution in [2.24, 2.45) is 0 Å². The molecule has 1 aromatic carbocycles. The average molecular weight is 365 g/mol. The van der Waals surface area contributed by atoms with E-state index in [1.165, 1.54) is 0 Å². The third kappa shape index (κ3) is 3.34. The molecule has 4 rings (SSSR count). The number of fused-ring (bicyclic) bond motifs is 1. The van der Waals surface area contributed by atoms with Crippen LogP contribution in [0, 0.1) is 6.92 Å². The molecule has 0 aliphatic carbocycles. The summed E-state index contributed by atoms with van der Waals surface area (Å²) >= 11 is 0. The highest BCUT2D eigenvalue weighted by atomic mass is 16.6. The van der Waals surface area contributed by atoms with Gasteiger partial charge in [0.05, 0.1) is 12.7 Å². The van der Waals surface area contributed by atoms with E-state index in [0.717, 1.165) is 5.56 Å². The molecule has 3 heterocycles. The highest BCUT2D eigenvalue weighted by molar-refractivity contribution is 5.89. The Morgan fingerprint density at radius 1 is 1.22 bits per heavy atom. The Bertz CT molecular complexity index is 1120. The lowest BCUT2D eigenvalue weighted by atomic mass is 10.2. The van der Waals surface area contributed by atoms with Gasteiger partial charge in [0.25, 0.3) is 5.89 Å². The molecular formula is C18H15N5O4. The van der Waals surface area contributed by atoms with Gasteiger partial charge in [-0.1, -0.05) is 17.3 Å². The summed E-state index contributed by atoms with van der Waals surface area (Å²) in [6.45, 7) is 1.67. The van der Waals surface area contributed by atoms with Crippen molar-refractivity contribution in [3.8, 4) is 17.1 Å². The molecule has 0 aliphatic heterocycles. The Hall–Kier alpha value is -3.75. The molecule has 0 N–H and O–H groups in total. The molecule has 27 heavy (non-hydrogen) atoms. The van der Waals surface area contributed by atoms with Crippen molar-refractivity contribution in [1.29, 1.82) is 0 Å². The van der Waals surface area contributed by atoms with Crippen LogP contribution >= 0.6 is 0 Å². The zero-order valence-corrected chi connectivity index (χ0v) is 14.6. The van der Waals surface area contributed by atoms with Crippen LogP contribution in [0.3, 0.4) is 0 Å². The smallest absolute Gasteiger partial charge is 0.340 e. The SMILES string of the molecule is COc1cccc(-c2noc(COC(=O)c3ccc4nnc(C)n4c3)n2)c1. The first-order valence-corrected chi connectivity index (χ1v) is 8.09. The first-order chi connectivity index (χ1) is 13.1. The second-order valence-corrected chi connectivity index (χ2v) is 5.71. The first-order valence-electron chi connectivity index (χ1n) is 8.09. The molecule has 0 atom stereocenters. The van der Waals surface area contributed by atoms with Crippen molar-refractivity contribution in [3.63, 3.8) is 0 Å². The summed E-state index contributed by atoms with van der Waals surface area (Å²) in [5.74, 6) is 1.44. The van der Waals surface area contributed by atoms with E-state index in [1.807, 2.05) is 18.2 Å². The highest BCUT2D eigenvalue weighted by Gasteiger charge is 2.14. The van der Waals surface area contributed by atoms with Gasteiger partial charge in [0.15, 0.2) is 12.3 Å². The lowest BCUT2D eigenvalue weighted by Gasteiger charge is -2.03. The number of carbonyl (C=O) groups excluding carboxylic acids is 1. The monoisotopic (exact) mass is 365 g/mol. The van der Waals surface area contributed by atoms with Gasteiger partial charge in [0.2, 0.25) is 5.82 Å². The van der Waals surface area contributed by atoms with Crippen LogP contribution in [-0.4, -0.2) is 37.8 Å². The Balaban J connectivity index is 1.46. The minimum Gasteiger partial charge on any atom is -0.497 e. The van der Waals surface area contributed by atoms with Gasteiger partial charge in [-0.25, -0.2) is 4.79 Å². The summed E-state index contributed by atoms with van der Waals surface area (Å²) in [5, 5.41) is 11.8. The number of hydrogen-bond donors (Lipinski definition) is 0. The Morgan fingerprint density at radius 3 is 2.96 bits per heavy atom. The van der Waals surface area contributed by atoms with E-state index in [0.29, 0.717) is 28.6 Å². The predicted molar refractivity (Wildman–Crippen MR) is 93.1 cm³/mol. The van der Waals surface area contributed by atoms with E-state index in [-0.39, 0.29) is 12.5 Å². The first kappa shape index (κ1) is 16.7. The van der Waals surface area contributed by atoms with Crippen LogP contribution in [0.1, 0.15) is 22.1 Å². The number of ether oxygens (including phenoxy) is 2. The molecule has 0 radical (unpaired) electrons. The molecule has 0 spiro atoms. The average Bonchev–Trinajstić information content (AvgIpc) is 3.33. The van der Waals surface area contributed by atoms with E-state index >= 15 is 0 Å². The quantitative estimate of drug-likeness (QED) is 0.497. The van der Waals surface area contributed by atoms with Crippen LogP contribution in [0.5, 0.6) is 5.75 Å². The number of carbonyl (C=O) groups is 1. The van der Waals surface area contributed by atoms with Crippen molar-refractivity contribution in [1.82, 2.24) is 24.7 Å². The lowest BCUT2D eigenvalue weighted by Crippen LogP contribution is -2.07. The van der Waals surface area contributed by atoms with Gasteiger partial charge in [0.1, 0.15) is 11.6 Å². The summed E-state index contributed by atoms with van der Waals surface area (Å²) in [4.78, 5) is 16.5. The van der Waals surface area contributed by atoms with Gasteiger partial charge in [-0.15, -0.1) is 10.2 Å². The van der Waals surface area contributed by atoms with E-state index in [9.17, 15) is 4.79 Å². The number of aromatic nitrogens is 5. The number of hydrogen-bond acceptors (Lipinski definition) is 8. The fourth-order valence-electron chi connectivity index (χ4n) is 2.53. The van der Waals surface area contributed by atoms with E-state index in [2.05, 4.69) is 20.3 Å². The third-order valence-corrected chi connectivity index (χ3v) is 3.93. The maximum atomic E-state index is 12.3. The molecule has 0 fully saturated rings. The Morgan fingerprint density at radius 2 is 2.11 bits per heavy atom. The number of rotatable bonds is 5. The Kier molecular flexibility index (Phi) is 4.25. The number of benzene rings is 1. The van der Waals surface area contributed by atoms with Crippen molar-refractivity contribution < 1.29 is 18.8 Å². The number of nitrogens with zero attached hydrogens (tertiary/aromatic N) is 5. The summed E-state index contributed by atoms with van der Waals surface area (Å²) in [5.41, 5.74) is 1.77. The van der Waals surface area contributed by atoms with Crippen LogP contribution in [0.25, 0.3) is 17.0 Å². The number of esters is 1. The molecule has 9 heteroatoms. The molecule has 0 aliphatic rings. The summed E-state index contributed by atoms with van der Waals surface area (Å²) in [7, 11) is 1.58. The van der Waals surface area contributed by atoms with E-state index < -0.39 is 5.97 Å². The third-order valence-electron chi connectivity index (χ3n) is 3.93. The van der Waals surface area contributed by atoms with Crippen molar-refractivity contribution >= 4 is 11.6 Å². The molecule has 0 bridgehead atoms. The van der Waals surface area contributed by atoms with Gasteiger partial charge in [-0.3, -0.25) is 4.40 Å². The van der Waals surface area contributed by atoms with Crippen LogP contribution in [0.15, 0.2) is 47.1 Å². The molecule has 0 amide bonds. The molecule has 0 saturated carbocycles. The summed E-state index contributed by atoms with van der Waals surface area (Å²) < 4.78 is 17.3. The summed E-state index contributed by atoms with van der Waals surface area (Å²) in [6, 6.07) is 10.6. The maximum Gasteiger partial charge on any atom is 0.340 e. The fourth-order valence-corrected chi connectivity index (χ4v) is 2.53. The summed E-state index contributed by atoms with van der Waals surface area (Å²) in [6.07, 6.45) is 1.63. The van der Waals surface area contributed by atoms with Gasteiger partial charge < -0.3 is 14.0 Å². The van der Waals surface area contributed by atoms with Crippen LogP contribution in [-0.2, 0) is 11.3 Å². The van der Waals surface area contributed by atoms with Crippen molar-refractivity contribution in [2.75, 3.05) is 7.11 Å². The van der Waals surface area contributed by atoms with Gasteiger partial charge in [0, 0.05) is 11.8 Å². The van der Waals surface area contributed by atoms with Crippen molar-refractivity contribution in [2.45, 2.75) is 13.5 Å². The second-order valence-electron chi connectivity index (χ2n) is 5.71. The standard InChI is InChI=1S/C18H15N5O4/c1-11-20-21-15-7-6-13(9-23(11)15)18(24)26-10-16-19-17(22-27-16)12-4-3-5-14(8-12)25-2/h3-9H,10H2,1-2H3. The predicted octanol–water partition coefficient (Wildman–Crippen LogP) is 2.45. The molecule has 0 saturated heterocycles. The molecular weight excluding hydrogens is 350 g/mol. The van der Waals surface area contributed by atoms with Gasteiger partial charge >= 0.3 is 5.97 Å². The molecule has 136 valence electrons. The van der Waals surface area contributed by atoms with Gasteiger partial charge in [-0.05, 0) is 31.2 Å². The van der Waals surface area contributed by atoms with Gasteiger partial charge in [-0.2, -0.15) is 4.98 Å². The number of aryl methyl sites for hydroxylation is 1.